The number of hydrogen-bond donors (Lipinski definition) is 0. The maximum absolute atomic E-state index is 12.5. The lowest BCUT2D eigenvalue weighted by atomic mass is 10.1. The van der Waals surface area contributed by atoms with E-state index in [1.54, 1.807) is 31.3 Å². The number of hydrogen-bond acceptors (Lipinski definition) is 5. The van der Waals surface area contributed by atoms with Gasteiger partial charge in [-0.15, -0.1) is 0 Å². The Bertz CT molecular complexity index is 793. The topological polar surface area (TPSA) is 81.9 Å². The molecule has 0 N–H and O–H groups in total. The van der Waals surface area contributed by atoms with Gasteiger partial charge in [-0.3, -0.25) is 14.9 Å². The molecule has 0 heterocycles. The van der Waals surface area contributed by atoms with Crippen molar-refractivity contribution < 1.29 is 19.2 Å². The van der Waals surface area contributed by atoms with Gasteiger partial charge in [0.1, 0.15) is 0 Å². The maximum atomic E-state index is 12.5. The van der Waals surface area contributed by atoms with E-state index >= 15 is 0 Å². The van der Waals surface area contributed by atoms with E-state index in [-0.39, 0.29) is 24.2 Å². The number of non-ortho nitro benzene ring substituents is 1. The van der Waals surface area contributed by atoms with Crippen LogP contribution in [0.5, 0.6) is 11.5 Å². The number of ether oxygens (including phenoxy) is 2. The van der Waals surface area contributed by atoms with Crippen molar-refractivity contribution in [3.05, 3.63) is 64.2 Å². The van der Waals surface area contributed by atoms with Crippen LogP contribution in [0.25, 0.3) is 0 Å². The Morgan fingerprint density at radius 1 is 1.15 bits per heavy atom. The quantitative estimate of drug-likeness (QED) is 0.491. The normalized spacial score (nSPS) is 11.5. The molecule has 0 aromatic heterocycles. The van der Waals surface area contributed by atoms with Crippen molar-refractivity contribution in [3.8, 4) is 11.5 Å². The van der Waals surface area contributed by atoms with Gasteiger partial charge in [-0.1, -0.05) is 31.2 Å². The standard InChI is InChI=1S/C20H24N2O5/c1-4-12-26-18-10-5-6-11-19(18)27-14-20(23)21(3)15(2)16-8-7-9-17(13-16)22(24)25/h5-11,13,15H,4,12,14H2,1-3H3/t15-/m1/s1. The predicted molar refractivity (Wildman–Crippen MR) is 102 cm³/mol. The molecule has 2 aromatic rings. The summed E-state index contributed by atoms with van der Waals surface area (Å²) in [5.74, 6) is 0.872. The van der Waals surface area contributed by atoms with E-state index in [9.17, 15) is 14.9 Å². The molecule has 0 aliphatic heterocycles. The van der Waals surface area contributed by atoms with Crippen LogP contribution in [0, 0.1) is 10.1 Å². The van der Waals surface area contributed by atoms with Gasteiger partial charge >= 0.3 is 0 Å². The molecular formula is C20H24N2O5. The first-order valence-corrected chi connectivity index (χ1v) is 8.78. The fraction of sp³-hybridized carbons (Fsp3) is 0.350. The SMILES string of the molecule is CCCOc1ccccc1OCC(=O)N(C)[C@H](C)c1cccc([N+](=O)[O-])c1. The highest BCUT2D eigenvalue weighted by atomic mass is 16.6. The molecule has 2 aromatic carbocycles. The third kappa shape index (κ3) is 5.44. The van der Waals surface area contributed by atoms with Crippen LogP contribution in [0.4, 0.5) is 5.69 Å². The molecule has 0 radical (unpaired) electrons. The summed E-state index contributed by atoms with van der Waals surface area (Å²) >= 11 is 0. The highest BCUT2D eigenvalue weighted by molar-refractivity contribution is 5.78. The summed E-state index contributed by atoms with van der Waals surface area (Å²) in [6.45, 7) is 4.24. The van der Waals surface area contributed by atoms with E-state index < -0.39 is 4.92 Å². The number of amides is 1. The number of nitro groups is 1. The molecule has 1 atom stereocenters. The number of nitrogens with zero attached hydrogens (tertiary/aromatic N) is 2. The summed E-state index contributed by atoms with van der Waals surface area (Å²) < 4.78 is 11.3. The molecule has 27 heavy (non-hydrogen) atoms. The average molecular weight is 372 g/mol. The molecule has 0 bridgehead atoms. The van der Waals surface area contributed by atoms with E-state index in [0.29, 0.717) is 23.7 Å². The minimum atomic E-state index is -0.450. The summed E-state index contributed by atoms with van der Waals surface area (Å²) in [4.78, 5) is 24.5. The Hall–Kier alpha value is -3.09. The predicted octanol–water partition coefficient (Wildman–Crippen LogP) is 3.98. The molecule has 0 saturated carbocycles. The van der Waals surface area contributed by atoms with Crippen LogP contribution in [-0.4, -0.2) is 36.0 Å². The summed E-state index contributed by atoms with van der Waals surface area (Å²) in [5, 5.41) is 10.9. The fourth-order valence-corrected chi connectivity index (χ4v) is 2.48. The molecule has 0 fully saturated rings. The first-order valence-electron chi connectivity index (χ1n) is 8.78. The second kappa shape index (κ2) is 9.56. The maximum Gasteiger partial charge on any atom is 0.269 e. The Balaban J connectivity index is 2.01. The van der Waals surface area contributed by atoms with Crippen molar-refractivity contribution in [3.63, 3.8) is 0 Å². The monoisotopic (exact) mass is 372 g/mol. The highest BCUT2D eigenvalue weighted by Gasteiger charge is 2.20. The number of benzene rings is 2. The molecule has 144 valence electrons. The van der Waals surface area contributed by atoms with Crippen molar-refractivity contribution in [1.82, 2.24) is 4.90 Å². The molecule has 7 nitrogen and oxygen atoms in total. The van der Waals surface area contributed by atoms with Crippen molar-refractivity contribution >= 4 is 11.6 Å². The minimum absolute atomic E-state index is 0.00144. The smallest absolute Gasteiger partial charge is 0.269 e. The average Bonchev–Trinajstić information content (AvgIpc) is 2.69. The van der Waals surface area contributed by atoms with Crippen LogP contribution in [0.2, 0.25) is 0 Å². The first-order chi connectivity index (χ1) is 12.9. The van der Waals surface area contributed by atoms with Gasteiger partial charge in [0, 0.05) is 19.2 Å². The van der Waals surface area contributed by atoms with Gasteiger partial charge in [-0.05, 0) is 31.0 Å². The van der Waals surface area contributed by atoms with Crippen LogP contribution in [0.1, 0.15) is 31.9 Å². The van der Waals surface area contributed by atoms with Crippen molar-refractivity contribution in [2.75, 3.05) is 20.3 Å². The van der Waals surface area contributed by atoms with E-state index in [1.807, 2.05) is 26.0 Å². The van der Waals surface area contributed by atoms with E-state index in [4.69, 9.17) is 9.47 Å². The first kappa shape index (κ1) is 20.2. The van der Waals surface area contributed by atoms with Crippen molar-refractivity contribution in [2.45, 2.75) is 26.3 Å². The van der Waals surface area contributed by atoms with Crippen LogP contribution in [-0.2, 0) is 4.79 Å². The second-order valence-electron chi connectivity index (χ2n) is 6.12. The Kier molecular flexibility index (Phi) is 7.16. The van der Waals surface area contributed by atoms with Gasteiger partial charge in [0.25, 0.3) is 11.6 Å². The molecule has 0 aliphatic carbocycles. The van der Waals surface area contributed by atoms with Gasteiger partial charge < -0.3 is 14.4 Å². The summed E-state index contributed by atoms with van der Waals surface area (Å²) in [6.07, 6.45) is 0.872. The Morgan fingerprint density at radius 2 is 1.81 bits per heavy atom. The van der Waals surface area contributed by atoms with Gasteiger partial charge in [0.2, 0.25) is 0 Å². The minimum Gasteiger partial charge on any atom is -0.490 e. The molecule has 0 saturated heterocycles. The van der Waals surface area contributed by atoms with E-state index in [1.165, 1.54) is 17.0 Å². The number of nitro benzene ring substituents is 1. The lowest BCUT2D eigenvalue weighted by molar-refractivity contribution is -0.384. The zero-order chi connectivity index (χ0) is 19.8. The highest BCUT2D eigenvalue weighted by Crippen LogP contribution is 2.27. The molecule has 0 unspecified atom stereocenters. The Morgan fingerprint density at radius 3 is 2.44 bits per heavy atom. The molecule has 0 aliphatic rings. The lowest BCUT2D eigenvalue weighted by Crippen LogP contribution is -2.33. The molecule has 7 heteroatoms. The number of carbonyl (C=O) groups excluding carboxylic acids is 1. The lowest BCUT2D eigenvalue weighted by Gasteiger charge is -2.25. The summed E-state index contributed by atoms with van der Waals surface area (Å²) in [6, 6.07) is 13.2. The van der Waals surface area contributed by atoms with Crippen LogP contribution in [0.3, 0.4) is 0 Å². The largest absolute Gasteiger partial charge is 0.490 e. The van der Waals surface area contributed by atoms with Crippen molar-refractivity contribution in [2.24, 2.45) is 0 Å². The van der Waals surface area contributed by atoms with Crippen molar-refractivity contribution in [1.29, 1.82) is 0 Å². The van der Waals surface area contributed by atoms with Gasteiger partial charge in [-0.25, -0.2) is 0 Å². The molecular weight excluding hydrogens is 348 g/mol. The number of rotatable bonds is 9. The third-order valence-electron chi connectivity index (χ3n) is 4.20. The number of likely N-dealkylation sites (N-methyl/N-ethyl adjacent to an activating group) is 1. The van der Waals surface area contributed by atoms with Crippen LogP contribution < -0.4 is 9.47 Å². The summed E-state index contributed by atoms with van der Waals surface area (Å²) in [7, 11) is 1.65. The number of para-hydroxylation sites is 2. The summed E-state index contributed by atoms with van der Waals surface area (Å²) in [5.41, 5.74) is 0.685. The molecule has 1 amide bonds. The zero-order valence-corrected chi connectivity index (χ0v) is 15.8. The van der Waals surface area contributed by atoms with Gasteiger partial charge in [0.05, 0.1) is 17.6 Å². The van der Waals surface area contributed by atoms with Gasteiger partial charge in [0.15, 0.2) is 18.1 Å². The van der Waals surface area contributed by atoms with Crippen LogP contribution in [0.15, 0.2) is 48.5 Å². The zero-order valence-electron chi connectivity index (χ0n) is 15.8. The van der Waals surface area contributed by atoms with Crippen LogP contribution >= 0.6 is 0 Å². The van der Waals surface area contributed by atoms with E-state index in [2.05, 4.69) is 0 Å². The molecule has 2 rings (SSSR count). The Labute approximate surface area is 158 Å². The number of carbonyl (C=O) groups is 1. The molecule has 0 spiro atoms. The second-order valence-corrected chi connectivity index (χ2v) is 6.12. The third-order valence-corrected chi connectivity index (χ3v) is 4.20. The fourth-order valence-electron chi connectivity index (χ4n) is 2.48. The van der Waals surface area contributed by atoms with E-state index in [0.717, 1.165) is 6.42 Å². The van der Waals surface area contributed by atoms with Gasteiger partial charge in [-0.2, -0.15) is 0 Å².